The number of H-pyrrole nitrogens is 1. The third-order valence-corrected chi connectivity index (χ3v) is 1.84. The SMILES string of the molecule is O=C(Cl)c1c[nH]c(=O)c(OC(F)(F)F)c1[N+](=O)[O-]. The van der Waals surface area contributed by atoms with E-state index in [0.717, 1.165) is 0 Å². The van der Waals surface area contributed by atoms with Gasteiger partial charge >= 0.3 is 12.0 Å². The molecule has 0 aliphatic carbocycles. The van der Waals surface area contributed by atoms with Crippen LogP contribution in [0.4, 0.5) is 18.9 Å². The lowest BCUT2D eigenvalue weighted by molar-refractivity contribution is -0.389. The van der Waals surface area contributed by atoms with Crippen molar-refractivity contribution in [2.45, 2.75) is 6.36 Å². The minimum Gasteiger partial charge on any atom is -0.392 e. The number of halogens is 4. The molecule has 1 N–H and O–H groups in total. The topological polar surface area (TPSA) is 102 Å². The summed E-state index contributed by atoms with van der Waals surface area (Å²) in [7, 11) is 0. The van der Waals surface area contributed by atoms with E-state index in [1.165, 1.54) is 0 Å². The Morgan fingerprint density at radius 3 is 2.44 bits per heavy atom. The Balaban J connectivity index is 3.57. The number of alkyl halides is 3. The van der Waals surface area contributed by atoms with Crippen LogP contribution in [0.1, 0.15) is 10.4 Å². The van der Waals surface area contributed by atoms with E-state index < -0.39 is 39.1 Å². The summed E-state index contributed by atoms with van der Waals surface area (Å²) in [6.45, 7) is 0. The van der Waals surface area contributed by atoms with E-state index in [1.807, 2.05) is 0 Å². The minimum absolute atomic E-state index is 0.527. The van der Waals surface area contributed by atoms with Crippen molar-refractivity contribution in [1.29, 1.82) is 0 Å². The van der Waals surface area contributed by atoms with Gasteiger partial charge in [0.15, 0.2) is 0 Å². The van der Waals surface area contributed by atoms with E-state index in [4.69, 9.17) is 11.6 Å². The minimum atomic E-state index is -5.33. The van der Waals surface area contributed by atoms with Crippen LogP contribution in [0.2, 0.25) is 0 Å². The van der Waals surface area contributed by atoms with E-state index in [1.54, 1.807) is 4.98 Å². The van der Waals surface area contributed by atoms with Crippen molar-refractivity contribution in [3.8, 4) is 5.75 Å². The summed E-state index contributed by atoms with van der Waals surface area (Å²) in [5, 5.41) is 9.17. The van der Waals surface area contributed by atoms with Gasteiger partial charge in [-0.3, -0.25) is 19.7 Å². The van der Waals surface area contributed by atoms with Crippen LogP contribution >= 0.6 is 11.6 Å². The molecular weight excluding hydrogens is 285 g/mol. The molecule has 0 bridgehead atoms. The predicted molar refractivity (Wildman–Crippen MR) is 50.6 cm³/mol. The van der Waals surface area contributed by atoms with Crippen LogP contribution in [-0.4, -0.2) is 21.5 Å². The van der Waals surface area contributed by atoms with Crippen molar-refractivity contribution in [2.24, 2.45) is 0 Å². The summed E-state index contributed by atoms with van der Waals surface area (Å²) in [6, 6.07) is 0. The van der Waals surface area contributed by atoms with Gasteiger partial charge < -0.3 is 9.72 Å². The van der Waals surface area contributed by atoms with E-state index >= 15 is 0 Å². The Kier molecular flexibility index (Phi) is 3.60. The van der Waals surface area contributed by atoms with Gasteiger partial charge in [0.1, 0.15) is 5.56 Å². The van der Waals surface area contributed by atoms with E-state index in [2.05, 4.69) is 4.74 Å². The number of nitrogens with one attached hydrogen (secondary N) is 1. The highest BCUT2D eigenvalue weighted by Gasteiger charge is 2.38. The zero-order valence-corrected chi connectivity index (χ0v) is 8.83. The number of hydrogen-bond acceptors (Lipinski definition) is 5. The molecule has 0 spiro atoms. The first-order valence-corrected chi connectivity index (χ1v) is 4.37. The summed E-state index contributed by atoms with van der Waals surface area (Å²) in [5.74, 6) is -1.65. The van der Waals surface area contributed by atoms with Crippen LogP contribution in [0.5, 0.6) is 5.75 Å². The molecule has 98 valence electrons. The van der Waals surface area contributed by atoms with Crippen LogP contribution in [0.15, 0.2) is 11.0 Å². The second-order valence-corrected chi connectivity index (χ2v) is 3.13. The fourth-order valence-electron chi connectivity index (χ4n) is 1.04. The fourth-order valence-corrected chi connectivity index (χ4v) is 1.19. The lowest BCUT2D eigenvalue weighted by Gasteiger charge is -2.08. The van der Waals surface area contributed by atoms with E-state index in [-0.39, 0.29) is 0 Å². The number of carbonyl (C=O) groups excluding carboxylic acids is 1. The molecule has 0 amide bonds. The molecule has 18 heavy (non-hydrogen) atoms. The molecule has 1 aromatic rings. The summed E-state index contributed by atoms with van der Waals surface area (Å²) in [6.07, 6.45) is -4.80. The second-order valence-electron chi connectivity index (χ2n) is 2.79. The van der Waals surface area contributed by atoms with Gasteiger partial charge in [-0.1, -0.05) is 0 Å². The van der Waals surface area contributed by atoms with Crippen molar-refractivity contribution in [2.75, 3.05) is 0 Å². The van der Waals surface area contributed by atoms with Crippen molar-refractivity contribution in [3.63, 3.8) is 0 Å². The molecule has 1 rings (SSSR count). The maximum Gasteiger partial charge on any atom is 0.573 e. The molecule has 0 atom stereocenters. The molecule has 0 aromatic carbocycles. The number of nitrogens with zero attached hydrogens (tertiary/aromatic N) is 1. The van der Waals surface area contributed by atoms with Gasteiger partial charge in [-0.25, -0.2) is 0 Å². The molecule has 11 heteroatoms. The lowest BCUT2D eigenvalue weighted by atomic mass is 10.2. The average Bonchev–Trinajstić information content (AvgIpc) is 2.17. The molecule has 7 nitrogen and oxygen atoms in total. The van der Waals surface area contributed by atoms with Crippen LogP contribution in [0.3, 0.4) is 0 Å². The van der Waals surface area contributed by atoms with Gasteiger partial charge in [-0.15, -0.1) is 13.2 Å². The summed E-state index contributed by atoms with van der Waals surface area (Å²) in [4.78, 5) is 32.7. The van der Waals surface area contributed by atoms with Crippen LogP contribution in [0.25, 0.3) is 0 Å². The van der Waals surface area contributed by atoms with Crippen LogP contribution in [-0.2, 0) is 0 Å². The number of aromatic amines is 1. The zero-order chi connectivity index (χ0) is 14.1. The third kappa shape index (κ3) is 2.97. The quantitative estimate of drug-likeness (QED) is 0.516. The predicted octanol–water partition coefficient (Wildman–Crippen LogP) is 1.56. The number of nitro groups is 1. The average molecular weight is 287 g/mol. The molecule has 0 aliphatic rings. The molecule has 0 radical (unpaired) electrons. The molecule has 0 saturated carbocycles. The molecule has 0 unspecified atom stereocenters. The van der Waals surface area contributed by atoms with E-state index in [0.29, 0.717) is 6.20 Å². The second kappa shape index (κ2) is 4.64. The van der Waals surface area contributed by atoms with Crippen molar-refractivity contribution in [3.05, 3.63) is 32.2 Å². The molecule has 0 saturated heterocycles. The highest BCUT2D eigenvalue weighted by Crippen LogP contribution is 2.31. The molecular formula is C7H2ClF3N2O5. The van der Waals surface area contributed by atoms with Gasteiger partial charge in [0.05, 0.1) is 4.92 Å². The molecule has 0 fully saturated rings. The first-order chi connectivity index (χ1) is 8.13. The first kappa shape index (κ1) is 14.0. The molecule has 1 aromatic heterocycles. The standard InChI is InChI=1S/C7H2ClF3N2O5/c8-5(14)2-1-12-6(15)4(3(2)13(16)17)18-7(9,10)11/h1H,(H,12,15). The highest BCUT2D eigenvalue weighted by molar-refractivity contribution is 6.68. The Bertz CT molecular complexity index is 567. The van der Waals surface area contributed by atoms with Crippen molar-refractivity contribution in [1.82, 2.24) is 4.98 Å². The summed E-state index contributed by atoms with van der Waals surface area (Å²) < 4.78 is 39.2. The first-order valence-electron chi connectivity index (χ1n) is 3.99. The third-order valence-electron chi connectivity index (χ3n) is 1.64. The number of pyridine rings is 1. The number of ether oxygens (including phenoxy) is 1. The molecule has 1 heterocycles. The summed E-state index contributed by atoms with van der Waals surface area (Å²) >= 11 is 4.95. The number of rotatable bonds is 3. The number of hydrogen-bond donors (Lipinski definition) is 1. The van der Waals surface area contributed by atoms with Crippen molar-refractivity contribution < 1.29 is 27.6 Å². The van der Waals surface area contributed by atoms with Crippen LogP contribution in [0, 0.1) is 10.1 Å². The summed E-state index contributed by atoms with van der Waals surface area (Å²) in [5.41, 5.74) is -3.88. The lowest BCUT2D eigenvalue weighted by Crippen LogP contribution is -2.24. The molecule has 0 aliphatic heterocycles. The van der Waals surface area contributed by atoms with Gasteiger partial charge in [-0.05, 0) is 11.6 Å². The Labute approximate surface area is 100 Å². The monoisotopic (exact) mass is 286 g/mol. The van der Waals surface area contributed by atoms with Gasteiger partial charge in [0.2, 0.25) is 0 Å². The van der Waals surface area contributed by atoms with Gasteiger partial charge in [0.25, 0.3) is 16.6 Å². The van der Waals surface area contributed by atoms with Gasteiger partial charge in [0, 0.05) is 6.20 Å². The largest absolute Gasteiger partial charge is 0.573 e. The smallest absolute Gasteiger partial charge is 0.392 e. The van der Waals surface area contributed by atoms with Crippen molar-refractivity contribution >= 4 is 22.5 Å². The Morgan fingerprint density at radius 2 is 2.06 bits per heavy atom. The van der Waals surface area contributed by atoms with Crippen LogP contribution < -0.4 is 10.3 Å². The highest BCUT2D eigenvalue weighted by atomic mass is 35.5. The van der Waals surface area contributed by atoms with Gasteiger partial charge in [-0.2, -0.15) is 0 Å². The Morgan fingerprint density at radius 1 is 1.50 bits per heavy atom. The Hall–Kier alpha value is -2.10. The zero-order valence-electron chi connectivity index (χ0n) is 8.08. The fraction of sp³-hybridized carbons (Fsp3) is 0.143. The number of carbonyl (C=O) groups is 1. The maximum atomic E-state index is 12.0. The number of aromatic nitrogens is 1. The normalized spacial score (nSPS) is 11.1. The van der Waals surface area contributed by atoms with E-state index in [9.17, 15) is 32.9 Å². The maximum absolute atomic E-state index is 12.0.